The molecule has 2 aromatic carbocycles. The first-order valence-electron chi connectivity index (χ1n) is 10.6. The molecule has 7 nitrogen and oxygen atoms in total. The van der Waals surface area contributed by atoms with Crippen molar-refractivity contribution >= 4 is 11.6 Å². The highest BCUT2D eigenvalue weighted by Crippen LogP contribution is 2.22. The highest BCUT2D eigenvalue weighted by molar-refractivity contribution is 6.03. The second-order valence-corrected chi connectivity index (χ2v) is 8.09. The number of benzene rings is 2. The van der Waals surface area contributed by atoms with Crippen molar-refractivity contribution < 1.29 is 13.9 Å². The molecule has 0 spiro atoms. The number of rotatable bonds is 7. The number of aryl methyl sites for hydroxylation is 3. The standard InChI is InChI=1S/C25H26FN5O2/c1-16-11-17(2)13-21(12-16)33-15-30-10-9-23(29-30)25(32)27-24-18(3)28-31(19(24)4)14-20-7-5-6-8-22(20)26/h5-13H,14-15H2,1-4H3,(H,27,32). The number of hydrogen-bond acceptors (Lipinski definition) is 4. The molecule has 8 heteroatoms. The number of carbonyl (C=O) groups excluding carboxylic acids is 1. The quantitative estimate of drug-likeness (QED) is 0.442. The molecule has 0 bridgehead atoms. The molecule has 0 fully saturated rings. The highest BCUT2D eigenvalue weighted by Gasteiger charge is 2.18. The van der Waals surface area contributed by atoms with Gasteiger partial charge in [-0.05, 0) is 63.1 Å². The lowest BCUT2D eigenvalue weighted by molar-refractivity contribution is 0.102. The van der Waals surface area contributed by atoms with Gasteiger partial charge in [0.1, 0.15) is 11.6 Å². The SMILES string of the molecule is Cc1cc(C)cc(OCn2ccc(C(=O)Nc3c(C)nn(Cc4ccccc4F)c3C)n2)c1. The van der Waals surface area contributed by atoms with Gasteiger partial charge in [0.15, 0.2) is 12.4 Å². The van der Waals surface area contributed by atoms with Gasteiger partial charge in [0.25, 0.3) is 5.91 Å². The van der Waals surface area contributed by atoms with Crippen molar-refractivity contribution in [2.45, 2.75) is 41.0 Å². The minimum atomic E-state index is -0.350. The molecule has 4 rings (SSSR count). The summed E-state index contributed by atoms with van der Waals surface area (Å²) in [6, 6.07) is 14.2. The number of hydrogen-bond donors (Lipinski definition) is 1. The molecule has 33 heavy (non-hydrogen) atoms. The molecular weight excluding hydrogens is 421 g/mol. The molecule has 0 aliphatic rings. The summed E-state index contributed by atoms with van der Waals surface area (Å²) < 4.78 is 23.1. The molecular formula is C25H26FN5O2. The molecule has 0 saturated carbocycles. The first kappa shape index (κ1) is 22.3. The van der Waals surface area contributed by atoms with Gasteiger partial charge in [-0.1, -0.05) is 24.3 Å². The van der Waals surface area contributed by atoms with Crippen LogP contribution in [-0.2, 0) is 13.3 Å². The number of amides is 1. The number of carbonyl (C=O) groups is 1. The van der Waals surface area contributed by atoms with Gasteiger partial charge >= 0.3 is 0 Å². The topological polar surface area (TPSA) is 74.0 Å². The summed E-state index contributed by atoms with van der Waals surface area (Å²) in [5.74, 6) is 0.114. The summed E-state index contributed by atoms with van der Waals surface area (Å²) in [4.78, 5) is 12.8. The van der Waals surface area contributed by atoms with Gasteiger partial charge in [0, 0.05) is 11.8 Å². The summed E-state index contributed by atoms with van der Waals surface area (Å²) in [5.41, 5.74) is 5.01. The van der Waals surface area contributed by atoms with E-state index in [0.717, 1.165) is 22.6 Å². The molecule has 2 aromatic heterocycles. The number of ether oxygens (including phenoxy) is 1. The minimum absolute atomic E-state index is 0.189. The van der Waals surface area contributed by atoms with Gasteiger partial charge < -0.3 is 10.1 Å². The zero-order chi connectivity index (χ0) is 23.5. The Kier molecular flexibility index (Phi) is 6.26. The van der Waals surface area contributed by atoms with Gasteiger partial charge in [0.2, 0.25) is 0 Å². The van der Waals surface area contributed by atoms with Crippen LogP contribution in [0.2, 0.25) is 0 Å². The molecule has 170 valence electrons. The van der Waals surface area contributed by atoms with E-state index in [1.807, 2.05) is 32.9 Å². The number of nitrogens with one attached hydrogen (secondary N) is 1. The monoisotopic (exact) mass is 447 g/mol. The van der Waals surface area contributed by atoms with E-state index in [1.54, 1.807) is 46.7 Å². The zero-order valence-electron chi connectivity index (χ0n) is 19.1. The normalized spacial score (nSPS) is 10.9. The first-order chi connectivity index (χ1) is 15.8. The fourth-order valence-corrected chi connectivity index (χ4v) is 3.71. The third kappa shape index (κ3) is 5.11. The third-order valence-electron chi connectivity index (χ3n) is 5.33. The van der Waals surface area contributed by atoms with Crippen LogP contribution in [0.25, 0.3) is 0 Å². The van der Waals surface area contributed by atoms with E-state index in [1.165, 1.54) is 6.07 Å². The van der Waals surface area contributed by atoms with Gasteiger partial charge in [-0.15, -0.1) is 0 Å². The van der Waals surface area contributed by atoms with Crippen LogP contribution in [0.4, 0.5) is 10.1 Å². The third-order valence-corrected chi connectivity index (χ3v) is 5.33. The molecule has 4 aromatic rings. The minimum Gasteiger partial charge on any atom is -0.471 e. The van der Waals surface area contributed by atoms with Crippen molar-refractivity contribution in [2.24, 2.45) is 0 Å². The molecule has 0 aliphatic heterocycles. The molecule has 0 unspecified atom stereocenters. The molecule has 2 heterocycles. The van der Waals surface area contributed by atoms with Gasteiger partial charge in [-0.2, -0.15) is 10.2 Å². The van der Waals surface area contributed by atoms with Crippen LogP contribution >= 0.6 is 0 Å². The van der Waals surface area contributed by atoms with Crippen LogP contribution in [-0.4, -0.2) is 25.5 Å². The van der Waals surface area contributed by atoms with Crippen molar-refractivity contribution in [1.82, 2.24) is 19.6 Å². The summed E-state index contributed by atoms with van der Waals surface area (Å²) in [5, 5.41) is 11.7. The molecule has 1 amide bonds. The lowest BCUT2D eigenvalue weighted by Gasteiger charge is -2.08. The maximum Gasteiger partial charge on any atom is 0.276 e. The molecule has 1 N–H and O–H groups in total. The van der Waals surface area contributed by atoms with Gasteiger partial charge in [-0.3, -0.25) is 9.48 Å². The number of anilines is 1. The summed E-state index contributed by atoms with van der Waals surface area (Å²) in [6.07, 6.45) is 1.69. The van der Waals surface area contributed by atoms with Crippen LogP contribution in [0.1, 0.15) is 38.6 Å². The van der Waals surface area contributed by atoms with Crippen molar-refractivity contribution in [3.63, 3.8) is 0 Å². The number of nitrogens with zero attached hydrogens (tertiary/aromatic N) is 4. The Hall–Kier alpha value is -3.94. The van der Waals surface area contributed by atoms with Crippen molar-refractivity contribution in [3.8, 4) is 5.75 Å². The molecule has 0 aliphatic carbocycles. The number of halogens is 1. The maximum atomic E-state index is 14.0. The Morgan fingerprint density at radius 1 is 1.03 bits per heavy atom. The van der Waals surface area contributed by atoms with Crippen molar-refractivity contribution in [1.29, 1.82) is 0 Å². The number of aromatic nitrogens is 4. The molecule has 0 radical (unpaired) electrons. The Bertz CT molecular complexity index is 1290. The van der Waals surface area contributed by atoms with E-state index >= 15 is 0 Å². The van der Waals surface area contributed by atoms with Crippen LogP contribution in [0.5, 0.6) is 5.75 Å². The Labute approximate surface area is 191 Å². The van der Waals surface area contributed by atoms with Crippen molar-refractivity contribution in [2.75, 3.05) is 5.32 Å². The average Bonchev–Trinajstić information content (AvgIpc) is 3.34. The Morgan fingerprint density at radius 3 is 2.48 bits per heavy atom. The van der Waals surface area contributed by atoms with Gasteiger partial charge in [-0.25, -0.2) is 9.07 Å². The van der Waals surface area contributed by atoms with Crippen LogP contribution in [0.15, 0.2) is 54.7 Å². The molecule has 0 saturated heterocycles. The first-order valence-corrected chi connectivity index (χ1v) is 10.6. The molecule has 0 atom stereocenters. The van der Waals surface area contributed by atoms with E-state index in [2.05, 4.69) is 21.6 Å². The summed E-state index contributed by atoms with van der Waals surface area (Å²) >= 11 is 0. The highest BCUT2D eigenvalue weighted by atomic mass is 19.1. The Balaban J connectivity index is 1.43. The fraction of sp³-hybridized carbons (Fsp3) is 0.240. The van der Waals surface area contributed by atoms with Crippen LogP contribution in [0.3, 0.4) is 0 Å². The van der Waals surface area contributed by atoms with E-state index in [4.69, 9.17) is 4.74 Å². The summed E-state index contributed by atoms with van der Waals surface area (Å²) in [6.45, 7) is 8.13. The van der Waals surface area contributed by atoms with Crippen molar-refractivity contribution in [3.05, 3.63) is 94.3 Å². The largest absolute Gasteiger partial charge is 0.471 e. The fourth-order valence-electron chi connectivity index (χ4n) is 3.71. The summed E-state index contributed by atoms with van der Waals surface area (Å²) in [7, 11) is 0. The predicted octanol–water partition coefficient (Wildman–Crippen LogP) is 4.79. The second kappa shape index (κ2) is 9.28. The van der Waals surface area contributed by atoms with E-state index in [0.29, 0.717) is 16.9 Å². The lowest BCUT2D eigenvalue weighted by atomic mass is 10.1. The second-order valence-electron chi connectivity index (χ2n) is 8.09. The average molecular weight is 448 g/mol. The van der Waals surface area contributed by atoms with Crippen LogP contribution in [0, 0.1) is 33.5 Å². The zero-order valence-corrected chi connectivity index (χ0v) is 19.1. The van der Waals surface area contributed by atoms with E-state index in [9.17, 15) is 9.18 Å². The predicted molar refractivity (Wildman–Crippen MR) is 124 cm³/mol. The van der Waals surface area contributed by atoms with Gasteiger partial charge in [0.05, 0.1) is 23.6 Å². The lowest BCUT2D eigenvalue weighted by Crippen LogP contribution is -2.15. The maximum absolute atomic E-state index is 14.0. The Morgan fingerprint density at radius 2 is 1.76 bits per heavy atom. The van der Waals surface area contributed by atoms with E-state index < -0.39 is 0 Å². The van der Waals surface area contributed by atoms with Crippen LogP contribution < -0.4 is 10.1 Å². The smallest absolute Gasteiger partial charge is 0.276 e. The van der Waals surface area contributed by atoms with E-state index in [-0.39, 0.29) is 30.7 Å².